The summed E-state index contributed by atoms with van der Waals surface area (Å²) >= 11 is 0. The Kier molecular flexibility index (Phi) is 25.9. The zero-order valence-electron chi connectivity index (χ0n) is 38.3. The maximum absolute atomic E-state index is 15.0. The van der Waals surface area contributed by atoms with Gasteiger partial charge < -0.3 is 28.4 Å². The van der Waals surface area contributed by atoms with Crippen molar-refractivity contribution in [1.82, 2.24) is 0 Å². The molecule has 0 aliphatic carbocycles. The lowest BCUT2D eigenvalue weighted by molar-refractivity contribution is -0.139. The van der Waals surface area contributed by atoms with E-state index in [2.05, 4.69) is 13.2 Å². The minimum Gasteiger partial charge on any atom is -0.494 e. The number of carbonyl (C=O) groups is 4. The molecule has 0 saturated heterocycles. The quantitative estimate of drug-likeness (QED) is 0.0188. The first kappa shape index (κ1) is 53.7. The average Bonchev–Trinajstić information content (AvgIpc) is 3.29. The first-order valence-corrected chi connectivity index (χ1v) is 23.1. The highest BCUT2D eigenvalue weighted by Gasteiger charge is 2.26. The molecule has 0 heterocycles. The van der Waals surface area contributed by atoms with Crippen LogP contribution in [0.4, 0.5) is 13.2 Å². The molecule has 356 valence electrons. The van der Waals surface area contributed by atoms with Gasteiger partial charge in [-0.05, 0) is 88.1 Å². The van der Waals surface area contributed by atoms with Crippen LogP contribution in [0.2, 0.25) is 0 Å². The summed E-state index contributed by atoms with van der Waals surface area (Å²) in [5.41, 5.74) is 0.796. The fourth-order valence-corrected chi connectivity index (χ4v) is 6.60. The highest BCUT2D eigenvalue weighted by molar-refractivity contribution is 5.92. The molecule has 13 heteroatoms. The molecule has 0 radical (unpaired) electrons. The van der Waals surface area contributed by atoms with Crippen LogP contribution in [0.15, 0.2) is 78.9 Å². The fraction of sp³-hybridized carbons (Fsp3) is 0.500. The lowest BCUT2D eigenvalue weighted by Crippen LogP contribution is -2.14. The Morgan fingerprint density at radius 3 is 1.12 bits per heavy atom. The summed E-state index contributed by atoms with van der Waals surface area (Å²) in [5.74, 6) is -9.06. The van der Waals surface area contributed by atoms with Gasteiger partial charge in [0.25, 0.3) is 0 Å². The van der Waals surface area contributed by atoms with E-state index in [1.165, 1.54) is 62.1 Å². The van der Waals surface area contributed by atoms with Crippen LogP contribution >= 0.6 is 0 Å². The minimum absolute atomic E-state index is 0.000518. The number of unbranched alkanes of at least 4 members (excludes halogenated alkanes) is 18. The van der Waals surface area contributed by atoms with E-state index in [0.29, 0.717) is 55.1 Å². The first-order chi connectivity index (χ1) is 31.4. The summed E-state index contributed by atoms with van der Waals surface area (Å²) in [5, 5.41) is 0. The monoisotopic (exact) mass is 908 g/mol. The zero-order chi connectivity index (χ0) is 47.2. The molecule has 3 aromatic rings. The molecule has 0 aliphatic heterocycles. The van der Waals surface area contributed by atoms with Crippen LogP contribution in [0.1, 0.15) is 163 Å². The van der Waals surface area contributed by atoms with E-state index in [1.54, 1.807) is 26.0 Å². The summed E-state index contributed by atoms with van der Waals surface area (Å²) in [4.78, 5) is 48.1. The molecule has 0 spiro atoms. The second kappa shape index (κ2) is 31.3. The second-order valence-electron chi connectivity index (χ2n) is 16.2. The lowest BCUT2D eigenvalue weighted by atomic mass is 10.1. The molecule has 0 atom stereocenters. The predicted octanol–water partition coefficient (Wildman–Crippen LogP) is 13.3. The van der Waals surface area contributed by atoms with Gasteiger partial charge in [-0.1, -0.05) is 116 Å². The Hall–Kier alpha value is -5.59. The van der Waals surface area contributed by atoms with Crippen LogP contribution < -0.4 is 18.9 Å². The third-order valence-electron chi connectivity index (χ3n) is 10.4. The van der Waals surface area contributed by atoms with Gasteiger partial charge in [0.1, 0.15) is 11.5 Å². The van der Waals surface area contributed by atoms with Crippen LogP contribution in [0.25, 0.3) is 0 Å². The van der Waals surface area contributed by atoms with Gasteiger partial charge in [-0.15, -0.1) is 0 Å². The van der Waals surface area contributed by atoms with Gasteiger partial charge in [-0.3, -0.25) is 0 Å². The minimum atomic E-state index is -1.83. The largest absolute Gasteiger partial charge is 0.494 e. The molecule has 0 saturated carbocycles. The number of ether oxygens (including phenoxy) is 6. The van der Waals surface area contributed by atoms with Crippen molar-refractivity contribution in [2.75, 3.05) is 26.4 Å². The smallest absolute Gasteiger partial charge is 0.343 e. The molecular weight excluding hydrogens is 842 g/mol. The van der Waals surface area contributed by atoms with E-state index in [1.807, 2.05) is 0 Å². The molecule has 0 fully saturated rings. The van der Waals surface area contributed by atoms with Crippen molar-refractivity contribution >= 4 is 23.9 Å². The number of hydrogen-bond donors (Lipinski definition) is 0. The van der Waals surface area contributed by atoms with Gasteiger partial charge in [0.05, 0.1) is 37.6 Å². The molecule has 10 nitrogen and oxygen atoms in total. The predicted molar refractivity (Wildman–Crippen MR) is 244 cm³/mol. The first-order valence-electron chi connectivity index (χ1n) is 23.1. The van der Waals surface area contributed by atoms with Crippen LogP contribution in [0.3, 0.4) is 0 Å². The second-order valence-corrected chi connectivity index (χ2v) is 16.2. The summed E-state index contributed by atoms with van der Waals surface area (Å²) in [6, 6.07) is 12.1. The summed E-state index contributed by atoms with van der Waals surface area (Å²) in [6.07, 6.45) is 21.3. The molecule has 0 N–H and O–H groups in total. The Labute approximate surface area is 382 Å². The van der Waals surface area contributed by atoms with Crippen molar-refractivity contribution in [3.8, 4) is 23.0 Å². The van der Waals surface area contributed by atoms with Gasteiger partial charge in [0.15, 0.2) is 11.6 Å². The Morgan fingerprint density at radius 1 is 0.446 bits per heavy atom. The van der Waals surface area contributed by atoms with E-state index < -0.39 is 40.9 Å². The topological polar surface area (TPSA) is 124 Å². The molecule has 0 unspecified atom stereocenters. The number of carbonyl (C=O) groups excluding carboxylic acids is 4. The van der Waals surface area contributed by atoms with Gasteiger partial charge in [-0.2, -0.15) is 8.78 Å². The standard InChI is InChI=1S/C52H67F3O10/c1-38(2)49(56)62-35-23-19-15-11-7-5-9-13-17-21-33-60-42-29-25-40(26-30-42)51(58)64-45-37-44(53)48(47(55)46(45)54)65-52(59)41-27-31-43(32-28-41)61-34-22-18-14-10-6-8-12-16-20-24-36-63-50(57)39(3)4/h25-32,37H,1,3,5-24,33-36H2,2,4H3. The molecule has 0 aliphatic rings. The Balaban J connectivity index is 1.27. The summed E-state index contributed by atoms with van der Waals surface area (Å²) in [7, 11) is 0. The number of hydrogen-bond acceptors (Lipinski definition) is 10. The summed E-state index contributed by atoms with van der Waals surface area (Å²) < 4.78 is 76.4. The Bertz CT molecular complexity index is 1950. The normalized spacial score (nSPS) is 10.8. The van der Waals surface area contributed by atoms with Crippen molar-refractivity contribution in [3.05, 3.63) is 107 Å². The molecule has 0 aromatic heterocycles. The van der Waals surface area contributed by atoms with E-state index in [9.17, 15) is 32.3 Å². The molecule has 3 aromatic carbocycles. The van der Waals surface area contributed by atoms with Gasteiger partial charge in [0.2, 0.25) is 17.4 Å². The number of benzene rings is 3. The van der Waals surface area contributed by atoms with Gasteiger partial charge >= 0.3 is 23.9 Å². The number of halogens is 3. The molecule has 0 amide bonds. The van der Waals surface area contributed by atoms with Crippen molar-refractivity contribution < 1.29 is 60.8 Å². The lowest BCUT2D eigenvalue weighted by Gasteiger charge is -2.12. The highest BCUT2D eigenvalue weighted by atomic mass is 19.2. The van der Waals surface area contributed by atoms with Gasteiger partial charge in [0, 0.05) is 17.2 Å². The zero-order valence-corrected chi connectivity index (χ0v) is 38.3. The average molecular weight is 909 g/mol. The summed E-state index contributed by atoms with van der Waals surface area (Å²) in [6.45, 7) is 12.3. The maximum atomic E-state index is 15.0. The maximum Gasteiger partial charge on any atom is 0.343 e. The third kappa shape index (κ3) is 21.8. The van der Waals surface area contributed by atoms with E-state index in [4.69, 9.17) is 28.4 Å². The van der Waals surface area contributed by atoms with Crippen molar-refractivity contribution in [1.29, 1.82) is 0 Å². The SMILES string of the molecule is C=C(C)C(=O)OCCCCCCCCCCCCOc1ccc(C(=O)Oc2cc(F)c(OC(=O)c3ccc(OCCCCCCCCCCCCOC(=O)C(=C)C)cc3)c(F)c2F)cc1. The highest BCUT2D eigenvalue weighted by Crippen LogP contribution is 2.32. The number of rotatable bonds is 34. The van der Waals surface area contributed by atoms with Crippen LogP contribution in [-0.2, 0) is 19.1 Å². The van der Waals surface area contributed by atoms with Crippen LogP contribution in [0, 0.1) is 17.5 Å². The Morgan fingerprint density at radius 2 is 0.769 bits per heavy atom. The molecule has 0 bridgehead atoms. The fourth-order valence-electron chi connectivity index (χ4n) is 6.60. The van der Waals surface area contributed by atoms with Crippen LogP contribution in [-0.4, -0.2) is 50.3 Å². The third-order valence-corrected chi connectivity index (χ3v) is 10.4. The molecule has 65 heavy (non-hydrogen) atoms. The molecular formula is C52H67F3O10. The van der Waals surface area contributed by atoms with Crippen molar-refractivity contribution in [2.24, 2.45) is 0 Å². The number of esters is 4. The van der Waals surface area contributed by atoms with Gasteiger partial charge in [-0.25, -0.2) is 23.6 Å². The van der Waals surface area contributed by atoms with E-state index in [0.717, 1.165) is 103 Å². The van der Waals surface area contributed by atoms with Crippen molar-refractivity contribution in [2.45, 2.75) is 142 Å². The van der Waals surface area contributed by atoms with E-state index in [-0.39, 0.29) is 23.1 Å². The molecule has 3 rings (SSSR count). The van der Waals surface area contributed by atoms with Crippen molar-refractivity contribution in [3.63, 3.8) is 0 Å². The van der Waals surface area contributed by atoms with E-state index >= 15 is 0 Å². The van der Waals surface area contributed by atoms with Crippen LogP contribution in [0.5, 0.6) is 23.0 Å².